The number of sulfonamides is 1. The highest BCUT2D eigenvalue weighted by molar-refractivity contribution is 7.89. The van der Waals surface area contributed by atoms with Crippen LogP contribution >= 0.6 is 11.6 Å². The monoisotopic (exact) mass is 302 g/mol. The van der Waals surface area contributed by atoms with E-state index in [0.29, 0.717) is 11.6 Å². The Balaban J connectivity index is 2.20. The SMILES string of the molecule is Cc1cc(Cl)c(S(=O)(=O)NC(C)CC2CC2)cc1N. The maximum atomic E-state index is 12.3. The van der Waals surface area contributed by atoms with Gasteiger partial charge >= 0.3 is 0 Å². The van der Waals surface area contributed by atoms with Crippen LogP contribution in [0.3, 0.4) is 0 Å². The summed E-state index contributed by atoms with van der Waals surface area (Å²) in [6, 6.07) is 2.91. The first-order valence-corrected chi connectivity index (χ1v) is 8.23. The van der Waals surface area contributed by atoms with E-state index in [1.165, 1.54) is 18.9 Å². The van der Waals surface area contributed by atoms with Crippen LogP contribution in [0.2, 0.25) is 5.02 Å². The van der Waals surface area contributed by atoms with Gasteiger partial charge in [-0.15, -0.1) is 0 Å². The summed E-state index contributed by atoms with van der Waals surface area (Å²) < 4.78 is 27.2. The van der Waals surface area contributed by atoms with Gasteiger partial charge in [0.1, 0.15) is 4.90 Å². The fourth-order valence-corrected chi connectivity index (χ4v) is 3.98. The van der Waals surface area contributed by atoms with Gasteiger partial charge in [0, 0.05) is 11.7 Å². The maximum Gasteiger partial charge on any atom is 0.242 e. The molecule has 1 fully saturated rings. The quantitative estimate of drug-likeness (QED) is 0.821. The van der Waals surface area contributed by atoms with Gasteiger partial charge in [0.05, 0.1) is 5.02 Å². The number of nitrogens with two attached hydrogens (primary N) is 1. The number of aryl methyl sites for hydroxylation is 1. The van der Waals surface area contributed by atoms with Gasteiger partial charge in [-0.25, -0.2) is 13.1 Å². The molecule has 1 aromatic carbocycles. The summed E-state index contributed by atoms with van der Waals surface area (Å²) in [6.45, 7) is 3.67. The molecule has 0 amide bonds. The lowest BCUT2D eigenvalue weighted by atomic mass is 10.2. The molecule has 3 N–H and O–H groups in total. The first-order chi connectivity index (χ1) is 8.79. The summed E-state index contributed by atoms with van der Waals surface area (Å²) in [4.78, 5) is 0.0555. The fraction of sp³-hybridized carbons (Fsp3) is 0.538. The average molecular weight is 303 g/mol. The second-order valence-corrected chi connectivity index (χ2v) is 7.43. The van der Waals surface area contributed by atoms with Gasteiger partial charge in [0.15, 0.2) is 0 Å². The molecule has 0 spiro atoms. The molecule has 0 heterocycles. The molecule has 1 aliphatic carbocycles. The van der Waals surface area contributed by atoms with Crippen LogP contribution in [0.1, 0.15) is 31.7 Å². The number of halogens is 1. The van der Waals surface area contributed by atoms with Crippen LogP contribution < -0.4 is 10.5 Å². The lowest BCUT2D eigenvalue weighted by Crippen LogP contribution is -2.33. The number of anilines is 1. The summed E-state index contributed by atoms with van der Waals surface area (Å²) in [5.74, 6) is 0.663. The Hall–Kier alpha value is -0.780. The highest BCUT2D eigenvalue weighted by Gasteiger charge is 2.27. The van der Waals surface area contributed by atoms with E-state index in [0.717, 1.165) is 12.0 Å². The van der Waals surface area contributed by atoms with Crippen molar-refractivity contribution in [1.29, 1.82) is 0 Å². The molecule has 0 aromatic heterocycles. The van der Waals surface area contributed by atoms with Crippen molar-refractivity contribution in [2.45, 2.75) is 44.0 Å². The molecule has 6 heteroatoms. The van der Waals surface area contributed by atoms with Crippen molar-refractivity contribution in [3.05, 3.63) is 22.7 Å². The summed E-state index contributed by atoms with van der Waals surface area (Å²) >= 11 is 6.01. The van der Waals surface area contributed by atoms with Gasteiger partial charge in [-0.05, 0) is 43.9 Å². The number of benzene rings is 1. The van der Waals surface area contributed by atoms with Crippen molar-refractivity contribution in [3.63, 3.8) is 0 Å². The molecule has 2 rings (SSSR count). The molecule has 1 unspecified atom stereocenters. The first-order valence-electron chi connectivity index (χ1n) is 6.37. The van der Waals surface area contributed by atoms with E-state index in [1.54, 1.807) is 13.0 Å². The second kappa shape index (κ2) is 5.31. The normalized spacial score (nSPS) is 17.4. The third-order valence-electron chi connectivity index (χ3n) is 3.35. The fourth-order valence-electron chi connectivity index (χ4n) is 2.10. The zero-order valence-corrected chi connectivity index (χ0v) is 12.7. The molecule has 1 aliphatic rings. The Labute approximate surface area is 119 Å². The standard InChI is InChI=1S/C13H19ClN2O2S/c1-8-5-11(14)13(7-12(8)15)19(17,18)16-9(2)6-10-3-4-10/h5,7,9-10,16H,3-4,6,15H2,1-2H3. The highest BCUT2D eigenvalue weighted by atomic mass is 35.5. The molecule has 0 aliphatic heterocycles. The molecule has 4 nitrogen and oxygen atoms in total. The second-order valence-electron chi connectivity index (χ2n) is 5.34. The number of hydrogen-bond acceptors (Lipinski definition) is 3. The third-order valence-corrected chi connectivity index (χ3v) is 5.40. The third kappa shape index (κ3) is 3.61. The number of rotatable bonds is 5. The van der Waals surface area contributed by atoms with Crippen molar-refractivity contribution < 1.29 is 8.42 Å². The largest absolute Gasteiger partial charge is 0.398 e. The highest BCUT2D eigenvalue weighted by Crippen LogP contribution is 2.34. The van der Waals surface area contributed by atoms with E-state index < -0.39 is 10.0 Å². The molecule has 1 saturated carbocycles. The summed E-state index contributed by atoms with van der Waals surface area (Å²) in [5.41, 5.74) is 6.96. The zero-order chi connectivity index (χ0) is 14.2. The molecule has 1 aromatic rings. The van der Waals surface area contributed by atoms with Gasteiger partial charge in [0.2, 0.25) is 10.0 Å². The van der Waals surface area contributed by atoms with Crippen LogP contribution in [0.25, 0.3) is 0 Å². The molecular formula is C13H19ClN2O2S. The topological polar surface area (TPSA) is 72.2 Å². The molecule has 19 heavy (non-hydrogen) atoms. The van der Waals surface area contributed by atoms with E-state index >= 15 is 0 Å². The van der Waals surface area contributed by atoms with E-state index in [-0.39, 0.29) is 16.0 Å². The van der Waals surface area contributed by atoms with Gasteiger partial charge < -0.3 is 5.73 Å². The van der Waals surface area contributed by atoms with E-state index in [4.69, 9.17) is 17.3 Å². The number of hydrogen-bond donors (Lipinski definition) is 2. The van der Waals surface area contributed by atoms with Gasteiger partial charge in [0.25, 0.3) is 0 Å². The van der Waals surface area contributed by atoms with Gasteiger partial charge in [-0.3, -0.25) is 0 Å². The minimum atomic E-state index is -3.61. The average Bonchev–Trinajstić information content (AvgIpc) is 3.05. The van der Waals surface area contributed by atoms with Crippen molar-refractivity contribution in [3.8, 4) is 0 Å². The molecule has 106 valence electrons. The predicted octanol–water partition coefficient (Wildman–Crippen LogP) is 2.70. The van der Waals surface area contributed by atoms with E-state index in [1.807, 2.05) is 6.92 Å². The van der Waals surface area contributed by atoms with Crippen molar-refractivity contribution in [1.82, 2.24) is 4.72 Å². The molecule has 0 saturated heterocycles. The van der Waals surface area contributed by atoms with Gasteiger partial charge in [-0.1, -0.05) is 24.4 Å². The maximum absolute atomic E-state index is 12.3. The van der Waals surface area contributed by atoms with Crippen LogP contribution in [-0.2, 0) is 10.0 Å². The minimum Gasteiger partial charge on any atom is -0.398 e. The Morgan fingerprint density at radius 3 is 2.68 bits per heavy atom. The van der Waals surface area contributed by atoms with Crippen LogP contribution in [0.4, 0.5) is 5.69 Å². The Kier molecular flexibility index (Phi) is 4.08. The molecular weight excluding hydrogens is 284 g/mol. The van der Waals surface area contributed by atoms with Crippen LogP contribution in [0.15, 0.2) is 17.0 Å². The van der Waals surface area contributed by atoms with Crippen LogP contribution in [-0.4, -0.2) is 14.5 Å². The lowest BCUT2D eigenvalue weighted by molar-refractivity contribution is 0.530. The Morgan fingerprint density at radius 2 is 2.11 bits per heavy atom. The summed E-state index contributed by atoms with van der Waals surface area (Å²) in [5, 5.41) is 0.206. The van der Waals surface area contributed by atoms with E-state index in [9.17, 15) is 8.42 Å². The minimum absolute atomic E-state index is 0.0555. The molecule has 0 radical (unpaired) electrons. The Bertz CT molecular complexity index is 583. The lowest BCUT2D eigenvalue weighted by Gasteiger charge is -2.15. The smallest absolute Gasteiger partial charge is 0.242 e. The van der Waals surface area contributed by atoms with Crippen LogP contribution in [0, 0.1) is 12.8 Å². The summed E-state index contributed by atoms with van der Waals surface area (Å²) in [7, 11) is -3.61. The van der Waals surface area contributed by atoms with Crippen molar-refractivity contribution in [2.75, 3.05) is 5.73 Å². The predicted molar refractivity (Wildman–Crippen MR) is 77.7 cm³/mol. The number of nitrogens with one attached hydrogen (secondary N) is 1. The molecule has 0 bridgehead atoms. The first kappa shape index (κ1) is 14.6. The van der Waals surface area contributed by atoms with E-state index in [2.05, 4.69) is 4.72 Å². The zero-order valence-electron chi connectivity index (χ0n) is 11.1. The van der Waals surface area contributed by atoms with Crippen LogP contribution in [0.5, 0.6) is 0 Å². The Morgan fingerprint density at radius 1 is 1.47 bits per heavy atom. The number of nitrogen functional groups attached to an aromatic ring is 1. The van der Waals surface area contributed by atoms with Gasteiger partial charge in [-0.2, -0.15) is 0 Å². The van der Waals surface area contributed by atoms with Crippen molar-refractivity contribution >= 4 is 27.3 Å². The summed E-state index contributed by atoms with van der Waals surface area (Å²) in [6.07, 6.45) is 3.27. The van der Waals surface area contributed by atoms with Crippen molar-refractivity contribution in [2.24, 2.45) is 5.92 Å². The molecule has 1 atom stereocenters.